The number of aromatic nitrogens is 1. The molecule has 0 aliphatic heterocycles. The Morgan fingerprint density at radius 2 is 1.83 bits per heavy atom. The lowest BCUT2D eigenvalue weighted by atomic mass is 10.1. The van der Waals surface area contributed by atoms with Gasteiger partial charge in [-0.1, -0.05) is 19.1 Å². The van der Waals surface area contributed by atoms with E-state index < -0.39 is 0 Å². The Hall–Kier alpha value is -1.77. The molecule has 0 saturated heterocycles. The first-order valence-electron chi connectivity index (χ1n) is 6.28. The molecule has 1 atom stereocenters. The SMILES string of the molecule is CCC(Nn1c(C)ccc1C)c1cccc(F)c1. The summed E-state index contributed by atoms with van der Waals surface area (Å²) in [4.78, 5) is 0. The van der Waals surface area contributed by atoms with Gasteiger partial charge in [-0.05, 0) is 50.1 Å². The molecule has 0 fully saturated rings. The monoisotopic (exact) mass is 246 g/mol. The van der Waals surface area contributed by atoms with Crippen LogP contribution < -0.4 is 5.43 Å². The van der Waals surface area contributed by atoms with E-state index in [1.54, 1.807) is 12.1 Å². The van der Waals surface area contributed by atoms with Crippen LogP contribution in [0.5, 0.6) is 0 Å². The molecule has 0 aliphatic rings. The van der Waals surface area contributed by atoms with Crippen molar-refractivity contribution in [2.45, 2.75) is 33.2 Å². The Bertz CT molecular complexity index is 512. The predicted molar refractivity (Wildman–Crippen MR) is 72.7 cm³/mol. The summed E-state index contributed by atoms with van der Waals surface area (Å²) in [6.07, 6.45) is 0.903. The zero-order valence-corrected chi connectivity index (χ0v) is 11.1. The van der Waals surface area contributed by atoms with Crippen LogP contribution in [0.1, 0.15) is 36.3 Å². The van der Waals surface area contributed by atoms with E-state index in [-0.39, 0.29) is 11.9 Å². The van der Waals surface area contributed by atoms with Crippen LogP contribution in [0.15, 0.2) is 36.4 Å². The summed E-state index contributed by atoms with van der Waals surface area (Å²) in [7, 11) is 0. The van der Waals surface area contributed by atoms with Crippen LogP contribution >= 0.6 is 0 Å². The fraction of sp³-hybridized carbons (Fsp3) is 0.333. The summed E-state index contributed by atoms with van der Waals surface area (Å²) >= 11 is 0. The first kappa shape index (κ1) is 12.7. The van der Waals surface area contributed by atoms with Crippen molar-refractivity contribution >= 4 is 0 Å². The molecule has 2 aromatic rings. The number of benzene rings is 1. The standard InChI is InChI=1S/C15H19FN2/c1-4-15(13-6-5-7-14(16)10-13)17-18-11(2)8-9-12(18)3/h5-10,15,17H,4H2,1-3H3. The van der Waals surface area contributed by atoms with Gasteiger partial charge in [-0.25, -0.2) is 4.39 Å². The molecule has 2 rings (SSSR count). The number of nitrogens with zero attached hydrogens (tertiary/aromatic N) is 1. The molecule has 1 heterocycles. The van der Waals surface area contributed by atoms with Crippen molar-refractivity contribution in [2.75, 3.05) is 5.43 Å². The highest BCUT2D eigenvalue weighted by molar-refractivity contribution is 5.24. The Morgan fingerprint density at radius 1 is 1.17 bits per heavy atom. The molecule has 0 bridgehead atoms. The molecule has 0 radical (unpaired) electrons. The molecule has 1 aromatic heterocycles. The van der Waals surface area contributed by atoms with E-state index in [1.807, 2.05) is 6.07 Å². The van der Waals surface area contributed by atoms with Gasteiger partial charge in [0.2, 0.25) is 0 Å². The van der Waals surface area contributed by atoms with Crippen molar-refractivity contribution < 1.29 is 4.39 Å². The minimum absolute atomic E-state index is 0.116. The maximum Gasteiger partial charge on any atom is 0.123 e. The number of hydrogen-bond donors (Lipinski definition) is 1. The fourth-order valence-corrected chi connectivity index (χ4v) is 2.15. The van der Waals surface area contributed by atoms with Crippen LogP contribution in [0.4, 0.5) is 4.39 Å². The van der Waals surface area contributed by atoms with Crippen molar-refractivity contribution in [3.8, 4) is 0 Å². The van der Waals surface area contributed by atoms with Gasteiger partial charge >= 0.3 is 0 Å². The van der Waals surface area contributed by atoms with E-state index in [4.69, 9.17) is 0 Å². The van der Waals surface area contributed by atoms with Crippen LogP contribution in [0.3, 0.4) is 0 Å². The molecule has 0 saturated carbocycles. The van der Waals surface area contributed by atoms with Gasteiger partial charge in [0, 0.05) is 11.4 Å². The van der Waals surface area contributed by atoms with Gasteiger partial charge in [-0.15, -0.1) is 0 Å². The van der Waals surface area contributed by atoms with Crippen molar-refractivity contribution in [3.05, 3.63) is 59.2 Å². The highest BCUT2D eigenvalue weighted by atomic mass is 19.1. The topological polar surface area (TPSA) is 17.0 Å². The van der Waals surface area contributed by atoms with Gasteiger partial charge in [0.05, 0.1) is 6.04 Å². The number of aryl methyl sites for hydroxylation is 2. The number of rotatable bonds is 4. The summed E-state index contributed by atoms with van der Waals surface area (Å²) < 4.78 is 15.3. The molecular formula is C15H19FN2. The number of halogens is 1. The van der Waals surface area contributed by atoms with Crippen molar-refractivity contribution in [1.82, 2.24) is 4.68 Å². The third kappa shape index (κ3) is 2.55. The van der Waals surface area contributed by atoms with Crippen molar-refractivity contribution in [3.63, 3.8) is 0 Å². The van der Waals surface area contributed by atoms with Gasteiger partial charge < -0.3 is 5.43 Å². The summed E-state index contributed by atoms with van der Waals surface area (Å²) in [6.45, 7) is 6.20. The van der Waals surface area contributed by atoms with Gasteiger partial charge in [-0.3, -0.25) is 4.68 Å². The minimum atomic E-state index is -0.186. The summed E-state index contributed by atoms with van der Waals surface area (Å²) in [5.41, 5.74) is 6.73. The predicted octanol–water partition coefficient (Wildman–Crippen LogP) is 3.94. The molecule has 1 aromatic carbocycles. The largest absolute Gasteiger partial charge is 0.318 e. The molecule has 2 nitrogen and oxygen atoms in total. The first-order valence-corrected chi connectivity index (χ1v) is 6.28. The van der Waals surface area contributed by atoms with E-state index in [2.05, 4.69) is 43.0 Å². The summed E-state index contributed by atoms with van der Waals surface area (Å²) in [5.74, 6) is -0.186. The van der Waals surface area contributed by atoms with Gasteiger partial charge in [0.25, 0.3) is 0 Å². The lowest BCUT2D eigenvalue weighted by Crippen LogP contribution is -2.22. The molecule has 96 valence electrons. The van der Waals surface area contributed by atoms with Crippen LogP contribution in [-0.4, -0.2) is 4.68 Å². The number of nitrogens with one attached hydrogen (secondary N) is 1. The summed E-state index contributed by atoms with van der Waals surface area (Å²) in [5, 5.41) is 0. The lowest BCUT2D eigenvalue weighted by Gasteiger charge is -2.22. The molecule has 0 aliphatic carbocycles. The smallest absolute Gasteiger partial charge is 0.123 e. The third-order valence-corrected chi connectivity index (χ3v) is 3.22. The molecular weight excluding hydrogens is 227 g/mol. The van der Waals surface area contributed by atoms with Crippen molar-refractivity contribution in [1.29, 1.82) is 0 Å². The minimum Gasteiger partial charge on any atom is -0.318 e. The van der Waals surface area contributed by atoms with Crippen molar-refractivity contribution in [2.24, 2.45) is 0 Å². The van der Waals surface area contributed by atoms with Crippen LogP contribution in [-0.2, 0) is 0 Å². The summed E-state index contributed by atoms with van der Waals surface area (Å²) in [6, 6.07) is 11.0. The maximum absolute atomic E-state index is 13.3. The van der Waals surface area contributed by atoms with E-state index in [1.165, 1.54) is 6.07 Å². The molecule has 18 heavy (non-hydrogen) atoms. The van der Waals surface area contributed by atoms with E-state index in [0.717, 1.165) is 23.4 Å². The highest BCUT2D eigenvalue weighted by Gasteiger charge is 2.11. The first-order chi connectivity index (χ1) is 8.61. The zero-order chi connectivity index (χ0) is 13.1. The third-order valence-electron chi connectivity index (χ3n) is 3.22. The maximum atomic E-state index is 13.3. The second kappa shape index (κ2) is 5.25. The van der Waals surface area contributed by atoms with E-state index in [9.17, 15) is 4.39 Å². The quantitative estimate of drug-likeness (QED) is 0.864. The zero-order valence-electron chi connectivity index (χ0n) is 11.1. The Labute approximate surface area is 107 Å². The van der Waals surface area contributed by atoms with Crippen LogP contribution in [0.2, 0.25) is 0 Å². The molecule has 1 unspecified atom stereocenters. The fourth-order valence-electron chi connectivity index (χ4n) is 2.15. The van der Waals surface area contributed by atoms with Crippen LogP contribution in [0.25, 0.3) is 0 Å². The Balaban J connectivity index is 2.25. The molecule has 1 N–H and O–H groups in total. The number of hydrogen-bond acceptors (Lipinski definition) is 1. The molecule has 0 amide bonds. The second-order valence-electron chi connectivity index (χ2n) is 4.60. The Kier molecular flexibility index (Phi) is 3.70. The average Bonchev–Trinajstić information content (AvgIpc) is 2.66. The van der Waals surface area contributed by atoms with Gasteiger partial charge in [0.1, 0.15) is 5.82 Å². The van der Waals surface area contributed by atoms with Gasteiger partial charge in [0.15, 0.2) is 0 Å². The van der Waals surface area contributed by atoms with Crippen LogP contribution in [0, 0.1) is 19.7 Å². The second-order valence-corrected chi connectivity index (χ2v) is 4.60. The molecule has 0 spiro atoms. The molecule has 3 heteroatoms. The van der Waals surface area contributed by atoms with E-state index in [0.29, 0.717) is 0 Å². The van der Waals surface area contributed by atoms with E-state index >= 15 is 0 Å². The normalized spacial score (nSPS) is 12.4. The Morgan fingerprint density at radius 3 is 2.39 bits per heavy atom. The van der Waals surface area contributed by atoms with Gasteiger partial charge in [-0.2, -0.15) is 0 Å². The lowest BCUT2D eigenvalue weighted by molar-refractivity contribution is 0.606. The highest BCUT2D eigenvalue weighted by Crippen LogP contribution is 2.20. The average molecular weight is 246 g/mol.